The molecule has 0 bridgehead atoms. The number of hydrogen-bond acceptors (Lipinski definition) is 3. The standard InChI is InChI=1S/C12H17NO3S/c1-10-2-4-12(5-3-10)17(15,16)13-7-6-11(8-13)9-14/h2-5,11,14H,6-9H2,1H3/t11-/m0/s1. The van der Waals surface area contributed by atoms with Gasteiger partial charge in [0.1, 0.15) is 0 Å². The smallest absolute Gasteiger partial charge is 0.243 e. The minimum absolute atomic E-state index is 0.0555. The SMILES string of the molecule is Cc1ccc(S(=O)(=O)N2CC[C@H](CO)C2)cc1. The van der Waals surface area contributed by atoms with Gasteiger partial charge in [0.05, 0.1) is 4.90 Å². The third-order valence-corrected chi connectivity index (χ3v) is 5.04. The van der Waals surface area contributed by atoms with Crippen molar-refractivity contribution in [2.24, 2.45) is 5.92 Å². The van der Waals surface area contributed by atoms with Crippen LogP contribution in [0.2, 0.25) is 0 Å². The molecule has 2 rings (SSSR count). The van der Waals surface area contributed by atoms with Gasteiger partial charge in [-0.25, -0.2) is 8.42 Å². The number of aliphatic hydroxyl groups excluding tert-OH is 1. The van der Waals surface area contributed by atoms with Crippen LogP contribution in [-0.4, -0.2) is 37.5 Å². The number of nitrogens with zero attached hydrogens (tertiary/aromatic N) is 1. The molecular weight excluding hydrogens is 238 g/mol. The van der Waals surface area contributed by atoms with E-state index in [9.17, 15) is 8.42 Å². The average Bonchev–Trinajstić information content (AvgIpc) is 2.78. The van der Waals surface area contributed by atoms with E-state index in [2.05, 4.69) is 0 Å². The van der Waals surface area contributed by atoms with Gasteiger partial charge in [-0.2, -0.15) is 4.31 Å². The number of hydrogen-bond donors (Lipinski definition) is 1. The predicted octanol–water partition coefficient (Wildman–Crippen LogP) is 0.998. The molecule has 0 aliphatic carbocycles. The van der Waals surface area contributed by atoms with Crippen molar-refractivity contribution in [3.8, 4) is 0 Å². The Labute approximate surface area is 102 Å². The summed E-state index contributed by atoms with van der Waals surface area (Å²) in [5.74, 6) is 0.0789. The minimum atomic E-state index is -3.38. The molecule has 1 atom stereocenters. The fourth-order valence-electron chi connectivity index (χ4n) is 2.02. The molecule has 1 N–H and O–H groups in total. The van der Waals surface area contributed by atoms with Crippen molar-refractivity contribution in [3.05, 3.63) is 29.8 Å². The monoisotopic (exact) mass is 255 g/mol. The van der Waals surface area contributed by atoms with Crippen LogP contribution in [0.3, 0.4) is 0 Å². The Morgan fingerprint density at radius 2 is 2.00 bits per heavy atom. The molecular formula is C12H17NO3S. The zero-order valence-corrected chi connectivity index (χ0v) is 10.7. The first-order chi connectivity index (χ1) is 8.04. The van der Waals surface area contributed by atoms with E-state index in [4.69, 9.17) is 5.11 Å². The summed E-state index contributed by atoms with van der Waals surface area (Å²) in [7, 11) is -3.38. The van der Waals surface area contributed by atoms with Crippen LogP contribution in [0.1, 0.15) is 12.0 Å². The Kier molecular flexibility index (Phi) is 3.51. The average molecular weight is 255 g/mol. The second-order valence-corrected chi connectivity index (χ2v) is 6.45. The van der Waals surface area contributed by atoms with Crippen molar-refractivity contribution in [1.82, 2.24) is 4.31 Å². The van der Waals surface area contributed by atoms with E-state index in [-0.39, 0.29) is 12.5 Å². The van der Waals surface area contributed by atoms with Crippen molar-refractivity contribution in [2.75, 3.05) is 19.7 Å². The molecule has 94 valence electrons. The van der Waals surface area contributed by atoms with Gasteiger partial charge in [0.25, 0.3) is 0 Å². The molecule has 1 heterocycles. The highest BCUT2D eigenvalue weighted by atomic mass is 32.2. The van der Waals surface area contributed by atoms with E-state index in [1.807, 2.05) is 6.92 Å². The summed E-state index contributed by atoms with van der Waals surface area (Å²) in [6, 6.07) is 6.87. The largest absolute Gasteiger partial charge is 0.396 e. The molecule has 17 heavy (non-hydrogen) atoms. The maximum Gasteiger partial charge on any atom is 0.243 e. The van der Waals surface area contributed by atoms with E-state index in [1.54, 1.807) is 24.3 Å². The zero-order valence-electron chi connectivity index (χ0n) is 9.83. The van der Waals surface area contributed by atoms with Crippen molar-refractivity contribution >= 4 is 10.0 Å². The van der Waals surface area contributed by atoms with Crippen molar-refractivity contribution in [3.63, 3.8) is 0 Å². The van der Waals surface area contributed by atoms with Crippen LogP contribution in [0.15, 0.2) is 29.2 Å². The molecule has 1 fully saturated rings. The Morgan fingerprint density at radius 3 is 2.53 bits per heavy atom. The summed E-state index contributed by atoms with van der Waals surface area (Å²) in [6.07, 6.45) is 0.738. The summed E-state index contributed by atoms with van der Waals surface area (Å²) in [5.41, 5.74) is 1.04. The number of benzene rings is 1. The summed E-state index contributed by atoms with van der Waals surface area (Å²) < 4.78 is 26.0. The molecule has 5 heteroatoms. The topological polar surface area (TPSA) is 57.6 Å². The Hall–Kier alpha value is -0.910. The lowest BCUT2D eigenvalue weighted by Crippen LogP contribution is -2.29. The first-order valence-electron chi connectivity index (χ1n) is 5.71. The number of aliphatic hydroxyl groups is 1. The van der Waals surface area contributed by atoms with Crippen LogP contribution in [-0.2, 0) is 10.0 Å². The molecule has 1 aromatic carbocycles. The number of sulfonamides is 1. The van der Waals surface area contributed by atoms with Gasteiger partial charge < -0.3 is 5.11 Å². The molecule has 0 unspecified atom stereocenters. The lowest BCUT2D eigenvalue weighted by atomic mass is 10.1. The van der Waals surface area contributed by atoms with Crippen LogP contribution in [0.4, 0.5) is 0 Å². The first-order valence-corrected chi connectivity index (χ1v) is 7.15. The molecule has 0 aromatic heterocycles. The third-order valence-electron chi connectivity index (χ3n) is 3.17. The van der Waals surface area contributed by atoms with Crippen LogP contribution >= 0.6 is 0 Å². The van der Waals surface area contributed by atoms with Gasteiger partial charge in [0.2, 0.25) is 10.0 Å². The van der Waals surface area contributed by atoms with Crippen molar-refractivity contribution < 1.29 is 13.5 Å². The lowest BCUT2D eigenvalue weighted by molar-refractivity contribution is 0.233. The lowest BCUT2D eigenvalue weighted by Gasteiger charge is -2.16. The molecule has 4 nitrogen and oxygen atoms in total. The first kappa shape index (κ1) is 12.5. The van der Waals surface area contributed by atoms with Gasteiger partial charge in [-0.05, 0) is 31.4 Å². The highest BCUT2D eigenvalue weighted by molar-refractivity contribution is 7.89. The highest BCUT2D eigenvalue weighted by Gasteiger charge is 2.31. The molecule has 1 aliphatic heterocycles. The Bertz CT molecular complexity index is 481. The van der Waals surface area contributed by atoms with Crippen molar-refractivity contribution in [2.45, 2.75) is 18.2 Å². The summed E-state index contributed by atoms with van der Waals surface area (Å²) >= 11 is 0. The Morgan fingerprint density at radius 1 is 1.35 bits per heavy atom. The quantitative estimate of drug-likeness (QED) is 0.876. The van der Waals surface area contributed by atoms with E-state index >= 15 is 0 Å². The van der Waals surface area contributed by atoms with Gasteiger partial charge in [0.15, 0.2) is 0 Å². The third kappa shape index (κ3) is 2.51. The van der Waals surface area contributed by atoms with Gasteiger partial charge in [-0.3, -0.25) is 0 Å². The van der Waals surface area contributed by atoms with E-state index in [0.29, 0.717) is 18.0 Å². The molecule has 0 amide bonds. The maximum atomic E-state index is 12.3. The van der Waals surface area contributed by atoms with Crippen LogP contribution in [0.25, 0.3) is 0 Å². The van der Waals surface area contributed by atoms with Crippen molar-refractivity contribution in [1.29, 1.82) is 0 Å². The Balaban J connectivity index is 2.22. The molecule has 0 spiro atoms. The maximum absolute atomic E-state index is 12.3. The van der Waals surface area contributed by atoms with Crippen LogP contribution in [0.5, 0.6) is 0 Å². The summed E-state index contributed by atoms with van der Waals surface area (Å²) in [5, 5.41) is 9.03. The normalized spacial score (nSPS) is 21.9. The van der Waals surface area contributed by atoms with Gasteiger partial charge in [-0.1, -0.05) is 17.7 Å². The molecule has 0 saturated carbocycles. The summed E-state index contributed by atoms with van der Waals surface area (Å²) in [6.45, 7) is 2.90. The summed E-state index contributed by atoms with van der Waals surface area (Å²) in [4.78, 5) is 0.335. The number of aryl methyl sites for hydroxylation is 1. The van der Waals surface area contributed by atoms with Gasteiger partial charge in [0, 0.05) is 19.7 Å². The van der Waals surface area contributed by atoms with Gasteiger partial charge in [-0.15, -0.1) is 0 Å². The second kappa shape index (κ2) is 4.76. The zero-order chi connectivity index (χ0) is 12.5. The van der Waals surface area contributed by atoms with E-state index < -0.39 is 10.0 Å². The molecule has 1 aliphatic rings. The predicted molar refractivity (Wildman–Crippen MR) is 65.1 cm³/mol. The molecule has 0 radical (unpaired) electrons. The fourth-order valence-corrected chi connectivity index (χ4v) is 3.55. The van der Waals surface area contributed by atoms with Crippen LogP contribution in [0, 0.1) is 12.8 Å². The van der Waals surface area contributed by atoms with Crippen LogP contribution < -0.4 is 0 Å². The van der Waals surface area contributed by atoms with Gasteiger partial charge >= 0.3 is 0 Å². The fraction of sp³-hybridized carbons (Fsp3) is 0.500. The highest BCUT2D eigenvalue weighted by Crippen LogP contribution is 2.24. The minimum Gasteiger partial charge on any atom is -0.396 e. The second-order valence-electron chi connectivity index (χ2n) is 4.51. The molecule has 1 aromatic rings. The molecule has 1 saturated heterocycles. The number of rotatable bonds is 3. The van der Waals surface area contributed by atoms with E-state index in [0.717, 1.165) is 12.0 Å². The van der Waals surface area contributed by atoms with E-state index in [1.165, 1.54) is 4.31 Å².